The highest BCUT2D eigenvalue weighted by Gasteiger charge is 2.30. The van der Waals surface area contributed by atoms with E-state index in [9.17, 15) is 9.59 Å². The van der Waals surface area contributed by atoms with E-state index in [-0.39, 0.29) is 12.0 Å². The Balaban J connectivity index is 2.02. The highest BCUT2D eigenvalue weighted by atomic mass is 35.5. The van der Waals surface area contributed by atoms with Crippen LogP contribution in [0.15, 0.2) is 24.3 Å². The Morgan fingerprint density at radius 1 is 1.41 bits per heavy atom. The molecule has 120 valence electrons. The molecule has 22 heavy (non-hydrogen) atoms. The molecule has 3 amide bonds. The van der Waals surface area contributed by atoms with E-state index in [4.69, 9.17) is 16.3 Å². The van der Waals surface area contributed by atoms with Gasteiger partial charge in [0.05, 0.1) is 18.8 Å². The van der Waals surface area contributed by atoms with Crippen LogP contribution < -0.4 is 10.6 Å². The molecule has 1 fully saturated rings. The molecule has 1 aliphatic heterocycles. The van der Waals surface area contributed by atoms with Crippen LogP contribution in [-0.4, -0.2) is 49.6 Å². The summed E-state index contributed by atoms with van der Waals surface area (Å²) in [4.78, 5) is 25.3. The van der Waals surface area contributed by atoms with Crippen LogP contribution >= 0.6 is 11.6 Å². The van der Waals surface area contributed by atoms with Crippen molar-refractivity contribution in [1.29, 1.82) is 0 Å². The van der Waals surface area contributed by atoms with E-state index in [1.54, 1.807) is 6.92 Å². The summed E-state index contributed by atoms with van der Waals surface area (Å²) in [6.07, 6.45) is -0.183. The molecule has 6 nitrogen and oxygen atoms in total. The Hall–Kier alpha value is -1.63. The maximum atomic E-state index is 12.0. The van der Waals surface area contributed by atoms with Crippen molar-refractivity contribution in [3.63, 3.8) is 0 Å². The number of carbonyl (C=O) groups is 2. The number of urea groups is 1. The minimum atomic E-state index is -0.507. The van der Waals surface area contributed by atoms with Crippen LogP contribution in [0.25, 0.3) is 0 Å². The van der Waals surface area contributed by atoms with Crippen molar-refractivity contribution in [2.24, 2.45) is 0 Å². The number of carbonyl (C=O) groups excluding carboxylic acids is 2. The summed E-state index contributed by atoms with van der Waals surface area (Å²) >= 11 is 6.20. The van der Waals surface area contributed by atoms with E-state index in [1.165, 1.54) is 7.05 Å². The molecule has 1 aromatic carbocycles. The number of rotatable bonds is 3. The number of halogens is 1. The third-order valence-electron chi connectivity index (χ3n) is 3.74. The summed E-state index contributed by atoms with van der Waals surface area (Å²) < 4.78 is 5.77. The van der Waals surface area contributed by atoms with E-state index in [0.717, 1.165) is 5.56 Å². The molecule has 7 heteroatoms. The summed E-state index contributed by atoms with van der Waals surface area (Å²) in [5.41, 5.74) is 0.910. The monoisotopic (exact) mass is 325 g/mol. The molecule has 2 atom stereocenters. The van der Waals surface area contributed by atoms with Gasteiger partial charge in [-0.25, -0.2) is 4.79 Å². The Morgan fingerprint density at radius 2 is 2.14 bits per heavy atom. The molecule has 0 unspecified atom stereocenters. The van der Waals surface area contributed by atoms with E-state index in [2.05, 4.69) is 10.6 Å². The second-order valence-electron chi connectivity index (χ2n) is 5.12. The van der Waals surface area contributed by atoms with Gasteiger partial charge in [0.2, 0.25) is 5.91 Å². The molecule has 1 heterocycles. The van der Waals surface area contributed by atoms with Crippen molar-refractivity contribution in [3.05, 3.63) is 34.9 Å². The van der Waals surface area contributed by atoms with E-state index < -0.39 is 12.1 Å². The number of nitrogens with one attached hydrogen (secondary N) is 2. The van der Waals surface area contributed by atoms with E-state index in [1.807, 2.05) is 29.2 Å². The highest BCUT2D eigenvalue weighted by molar-refractivity contribution is 6.31. The van der Waals surface area contributed by atoms with E-state index >= 15 is 0 Å². The lowest BCUT2D eigenvalue weighted by Crippen LogP contribution is -2.52. The van der Waals surface area contributed by atoms with Gasteiger partial charge in [0.1, 0.15) is 0 Å². The maximum Gasteiger partial charge on any atom is 0.321 e. The Labute approximate surface area is 134 Å². The largest absolute Gasteiger partial charge is 0.371 e. The fourth-order valence-electron chi connectivity index (χ4n) is 2.39. The van der Waals surface area contributed by atoms with Crippen molar-refractivity contribution < 1.29 is 14.3 Å². The highest BCUT2D eigenvalue weighted by Crippen LogP contribution is 2.28. The van der Waals surface area contributed by atoms with E-state index in [0.29, 0.717) is 24.7 Å². The molecule has 1 aromatic rings. The number of ether oxygens (including phenoxy) is 1. The molecule has 0 spiro atoms. The minimum Gasteiger partial charge on any atom is -0.371 e. The van der Waals surface area contributed by atoms with Gasteiger partial charge in [-0.1, -0.05) is 29.8 Å². The SMILES string of the molecule is CNC(=O)NC(=O)[C@@H](C)N1CCO[C@H](c2ccccc2Cl)C1. The first-order chi connectivity index (χ1) is 10.5. The van der Waals surface area contributed by atoms with Crippen LogP contribution in [0.5, 0.6) is 0 Å². The van der Waals surface area contributed by atoms with Gasteiger partial charge in [0.15, 0.2) is 0 Å². The van der Waals surface area contributed by atoms with Gasteiger partial charge in [-0.15, -0.1) is 0 Å². The Morgan fingerprint density at radius 3 is 2.82 bits per heavy atom. The fraction of sp³-hybridized carbons (Fsp3) is 0.467. The number of imide groups is 1. The van der Waals surface area contributed by atoms with Crippen LogP contribution in [0.2, 0.25) is 5.02 Å². The van der Waals surface area contributed by atoms with Gasteiger partial charge in [-0.05, 0) is 13.0 Å². The van der Waals surface area contributed by atoms with Crippen LogP contribution in [0, 0.1) is 0 Å². The van der Waals surface area contributed by atoms with Gasteiger partial charge >= 0.3 is 6.03 Å². The number of morpholine rings is 1. The first kappa shape index (κ1) is 16.7. The standard InChI is InChI=1S/C15H20ClN3O3/c1-10(14(20)18-15(21)17-2)19-7-8-22-13(9-19)11-5-3-4-6-12(11)16/h3-6,10,13H,7-9H2,1-2H3,(H2,17,18,20,21)/t10-,13+/m1/s1. The summed E-state index contributed by atoms with van der Waals surface area (Å²) in [6, 6.07) is 6.59. The predicted octanol–water partition coefficient (Wildman–Crippen LogP) is 1.56. The third kappa shape index (κ3) is 3.97. The van der Waals surface area contributed by atoms with Gasteiger partial charge in [0, 0.05) is 30.7 Å². The first-order valence-electron chi connectivity index (χ1n) is 7.15. The van der Waals surface area contributed by atoms with Crippen molar-refractivity contribution >= 4 is 23.5 Å². The zero-order chi connectivity index (χ0) is 16.1. The quantitative estimate of drug-likeness (QED) is 0.884. The minimum absolute atomic E-state index is 0.183. The topological polar surface area (TPSA) is 70.7 Å². The van der Waals surface area contributed by atoms with Gasteiger partial charge < -0.3 is 10.1 Å². The molecule has 0 aromatic heterocycles. The molecular formula is C15H20ClN3O3. The molecule has 1 aliphatic rings. The second-order valence-corrected chi connectivity index (χ2v) is 5.53. The maximum absolute atomic E-state index is 12.0. The van der Waals surface area contributed by atoms with Gasteiger partial charge in [0.25, 0.3) is 0 Å². The average Bonchev–Trinajstić information content (AvgIpc) is 2.54. The number of benzene rings is 1. The zero-order valence-electron chi connectivity index (χ0n) is 12.6. The van der Waals surface area contributed by atoms with Crippen LogP contribution in [0.3, 0.4) is 0 Å². The second kappa shape index (κ2) is 7.58. The van der Waals surface area contributed by atoms with Gasteiger partial charge in [-0.3, -0.25) is 15.0 Å². The molecule has 0 saturated carbocycles. The van der Waals surface area contributed by atoms with Crippen molar-refractivity contribution in [2.45, 2.75) is 19.1 Å². The Bertz CT molecular complexity index is 553. The summed E-state index contributed by atoms with van der Waals surface area (Å²) in [7, 11) is 1.47. The van der Waals surface area contributed by atoms with Crippen molar-refractivity contribution in [3.8, 4) is 0 Å². The van der Waals surface area contributed by atoms with Crippen LogP contribution in [0.1, 0.15) is 18.6 Å². The third-order valence-corrected chi connectivity index (χ3v) is 4.09. The lowest BCUT2D eigenvalue weighted by atomic mass is 10.1. The molecule has 0 radical (unpaired) electrons. The summed E-state index contributed by atoms with van der Waals surface area (Å²) in [5, 5.41) is 5.31. The van der Waals surface area contributed by atoms with Crippen molar-refractivity contribution in [2.75, 3.05) is 26.7 Å². The lowest BCUT2D eigenvalue weighted by Gasteiger charge is -2.36. The summed E-state index contributed by atoms with van der Waals surface area (Å²) in [6.45, 7) is 3.45. The Kier molecular flexibility index (Phi) is 5.76. The normalized spacial score (nSPS) is 20.2. The average molecular weight is 326 g/mol. The molecule has 2 N–H and O–H groups in total. The predicted molar refractivity (Wildman–Crippen MR) is 83.8 cm³/mol. The van der Waals surface area contributed by atoms with Crippen molar-refractivity contribution in [1.82, 2.24) is 15.5 Å². The van der Waals surface area contributed by atoms with Crippen LogP contribution in [-0.2, 0) is 9.53 Å². The molecule has 1 saturated heterocycles. The smallest absolute Gasteiger partial charge is 0.321 e. The molecule has 0 aliphatic carbocycles. The lowest BCUT2D eigenvalue weighted by molar-refractivity contribution is -0.128. The number of hydrogen-bond donors (Lipinski definition) is 2. The molecule has 0 bridgehead atoms. The number of hydrogen-bond acceptors (Lipinski definition) is 4. The van der Waals surface area contributed by atoms with Gasteiger partial charge in [-0.2, -0.15) is 0 Å². The molecule has 2 rings (SSSR count). The summed E-state index contributed by atoms with van der Waals surface area (Å²) in [5.74, 6) is -0.334. The molecular weight excluding hydrogens is 306 g/mol. The zero-order valence-corrected chi connectivity index (χ0v) is 13.4. The number of nitrogens with zero attached hydrogens (tertiary/aromatic N) is 1. The first-order valence-corrected chi connectivity index (χ1v) is 7.53. The number of amides is 3. The fourth-order valence-corrected chi connectivity index (χ4v) is 2.65. The van der Waals surface area contributed by atoms with Crippen LogP contribution in [0.4, 0.5) is 4.79 Å².